The molecule has 0 aliphatic carbocycles. The van der Waals surface area contributed by atoms with Crippen molar-refractivity contribution in [2.75, 3.05) is 54.4 Å². The first-order valence-electron chi connectivity index (χ1n) is 10.4. The van der Waals surface area contributed by atoms with Crippen LogP contribution in [0.25, 0.3) is 10.9 Å². The Balaban J connectivity index is 2.21. The van der Waals surface area contributed by atoms with Crippen molar-refractivity contribution in [3.63, 3.8) is 0 Å². The number of aromatic amines is 1. The summed E-state index contributed by atoms with van der Waals surface area (Å²) in [5, 5.41) is 5.21. The highest BCUT2D eigenvalue weighted by molar-refractivity contribution is 7.80. The zero-order chi connectivity index (χ0) is 21.6. The summed E-state index contributed by atoms with van der Waals surface area (Å²) in [7, 11) is 8.56. The van der Waals surface area contributed by atoms with Gasteiger partial charge in [0, 0.05) is 23.9 Å². The molecule has 0 spiro atoms. The SMILES string of the molecule is Cc1ccc(C)c2[nH]c(=O)c(CN(CC[NH+](C)C)C(=S)NCCC[NH+](C)C)cc12. The summed E-state index contributed by atoms with van der Waals surface area (Å²) in [6.45, 7) is 8.32. The standard InChI is InChI=1S/C22H35N5OS/c1-16-8-9-17(2)20-19(16)14-18(21(28)24-20)15-27(13-12-26(5)6)22(29)23-10-7-11-25(3)4/h8-9,14H,7,10-13,15H2,1-6H3,(H,23,29)(H,24,28)/p+2. The Bertz CT molecular complexity index is 891. The number of hydrogen-bond donors (Lipinski definition) is 4. The number of fused-ring (bicyclic) bond motifs is 1. The minimum Gasteiger partial charge on any atom is -0.362 e. The zero-order valence-corrected chi connectivity index (χ0v) is 19.6. The number of thiocarbonyl (C=S) groups is 1. The number of aromatic nitrogens is 1. The number of rotatable bonds is 9. The average molecular weight is 420 g/mol. The molecule has 6 nitrogen and oxygen atoms in total. The van der Waals surface area contributed by atoms with E-state index in [1.807, 2.05) is 19.1 Å². The summed E-state index contributed by atoms with van der Waals surface area (Å²) in [4.78, 5) is 20.8. The van der Waals surface area contributed by atoms with Gasteiger partial charge in [0.15, 0.2) is 5.11 Å². The van der Waals surface area contributed by atoms with E-state index < -0.39 is 0 Å². The maximum Gasteiger partial charge on any atom is 0.253 e. The molecule has 29 heavy (non-hydrogen) atoms. The molecule has 0 fully saturated rings. The van der Waals surface area contributed by atoms with Gasteiger partial charge in [-0.05, 0) is 43.3 Å². The van der Waals surface area contributed by atoms with Crippen LogP contribution in [0.3, 0.4) is 0 Å². The number of hydrogen-bond acceptors (Lipinski definition) is 2. The molecule has 0 aliphatic rings. The molecule has 1 aromatic carbocycles. The highest BCUT2D eigenvalue weighted by Gasteiger charge is 2.15. The van der Waals surface area contributed by atoms with Crippen molar-refractivity contribution in [2.24, 2.45) is 0 Å². The van der Waals surface area contributed by atoms with Crippen LogP contribution in [0.4, 0.5) is 0 Å². The van der Waals surface area contributed by atoms with Gasteiger partial charge in [-0.3, -0.25) is 4.79 Å². The number of likely N-dealkylation sites (N-methyl/N-ethyl adjacent to an activating group) is 1. The third-order valence-corrected chi connectivity index (χ3v) is 5.58. The number of quaternary nitrogens is 2. The fourth-order valence-electron chi connectivity index (χ4n) is 3.30. The van der Waals surface area contributed by atoms with Crippen molar-refractivity contribution in [1.82, 2.24) is 15.2 Å². The van der Waals surface area contributed by atoms with E-state index in [1.165, 1.54) is 15.4 Å². The third-order valence-electron chi connectivity index (χ3n) is 5.18. The molecule has 4 N–H and O–H groups in total. The smallest absolute Gasteiger partial charge is 0.253 e. The zero-order valence-electron chi connectivity index (χ0n) is 18.7. The van der Waals surface area contributed by atoms with Gasteiger partial charge in [-0.2, -0.15) is 0 Å². The molecule has 2 rings (SSSR count). The monoisotopic (exact) mass is 419 g/mol. The second-order valence-corrected chi connectivity index (χ2v) is 8.92. The van der Waals surface area contributed by atoms with Gasteiger partial charge < -0.3 is 25.0 Å². The Morgan fingerprint density at radius 2 is 1.76 bits per heavy atom. The average Bonchev–Trinajstić information content (AvgIpc) is 2.65. The van der Waals surface area contributed by atoms with E-state index in [4.69, 9.17) is 12.2 Å². The van der Waals surface area contributed by atoms with Crippen molar-refractivity contribution < 1.29 is 9.80 Å². The third kappa shape index (κ3) is 6.80. The molecule has 0 amide bonds. The number of benzene rings is 1. The van der Waals surface area contributed by atoms with Gasteiger partial charge in [0.2, 0.25) is 0 Å². The van der Waals surface area contributed by atoms with E-state index in [-0.39, 0.29) is 5.56 Å². The Morgan fingerprint density at radius 3 is 2.41 bits per heavy atom. The van der Waals surface area contributed by atoms with Crippen molar-refractivity contribution in [2.45, 2.75) is 26.8 Å². The molecule has 1 heterocycles. The summed E-state index contributed by atoms with van der Waals surface area (Å²) < 4.78 is 0. The van der Waals surface area contributed by atoms with Crippen LogP contribution in [0.1, 0.15) is 23.1 Å². The van der Waals surface area contributed by atoms with Gasteiger partial charge in [-0.25, -0.2) is 0 Å². The van der Waals surface area contributed by atoms with E-state index in [2.05, 4.69) is 56.4 Å². The fraction of sp³-hybridized carbons (Fsp3) is 0.545. The number of nitrogens with one attached hydrogen (secondary N) is 4. The van der Waals surface area contributed by atoms with Gasteiger partial charge in [0.25, 0.3) is 5.56 Å². The van der Waals surface area contributed by atoms with Crippen LogP contribution < -0.4 is 20.7 Å². The minimum absolute atomic E-state index is 0.0348. The Morgan fingerprint density at radius 1 is 1.10 bits per heavy atom. The maximum absolute atomic E-state index is 12.8. The van der Waals surface area contributed by atoms with Crippen molar-refractivity contribution in [1.29, 1.82) is 0 Å². The lowest BCUT2D eigenvalue weighted by Gasteiger charge is -2.26. The lowest BCUT2D eigenvalue weighted by molar-refractivity contribution is -0.858. The van der Waals surface area contributed by atoms with Crippen LogP contribution in [0, 0.1) is 13.8 Å². The van der Waals surface area contributed by atoms with Crippen LogP contribution in [0.2, 0.25) is 0 Å². The first kappa shape index (κ1) is 23.3. The Kier molecular flexibility index (Phi) is 8.61. The second kappa shape index (κ2) is 10.7. The van der Waals surface area contributed by atoms with Gasteiger partial charge in [-0.15, -0.1) is 0 Å². The second-order valence-electron chi connectivity index (χ2n) is 8.53. The van der Waals surface area contributed by atoms with Crippen LogP contribution in [-0.2, 0) is 6.54 Å². The molecule has 0 radical (unpaired) electrons. The predicted molar refractivity (Wildman–Crippen MR) is 125 cm³/mol. The molecule has 7 heteroatoms. The summed E-state index contributed by atoms with van der Waals surface area (Å²) in [6, 6.07) is 6.18. The summed E-state index contributed by atoms with van der Waals surface area (Å²) in [6.07, 6.45) is 1.06. The number of nitrogens with zero attached hydrogens (tertiary/aromatic N) is 1. The topological polar surface area (TPSA) is 57.0 Å². The van der Waals surface area contributed by atoms with Crippen molar-refractivity contribution in [3.8, 4) is 0 Å². The largest absolute Gasteiger partial charge is 0.362 e. The highest BCUT2D eigenvalue weighted by Crippen LogP contribution is 2.20. The number of pyridine rings is 1. The van der Waals surface area contributed by atoms with E-state index in [1.54, 1.807) is 0 Å². The van der Waals surface area contributed by atoms with Crippen molar-refractivity contribution in [3.05, 3.63) is 45.2 Å². The molecule has 0 saturated carbocycles. The van der Waals surface area contributed by atoms with Gasteiger partial charge >= 0.3 is 0 Å². The van der Waals surface area contributed by atoms with Crippen LogP contribution in [0.5, 0.6) is 0 Å². The summed E-state index contributed by atoms with van der Waals surface area (Å²) in [5.41, 5.74) is 3.89. The van der Waals surface area contributed by atoms with E-state index >= 15 is 0 Å². The molecular formula is C22H37N5OS+2. The lowest BCUT2D eigenvalue weighted by atomic mass is 10.0. The molecule has 0 unspecified atom stereocenters. The van der Waals surface area contributed by atoms with Gasteiger partial charge in [0.05, 0.1) is 59.9 Å². The van der Waals surface area contributed by atoms with Gasteiger partial charge in [-0.1, -0.05) is 12.1 Å². The quantitative estimate of drug-likeness (QED) is 0.327. The number of aryl methyl sites for hydroxylation is 2. The number of H-pyrrole nitrogens is 1. The molecule has 1 aromatic heterocycles. The first-order chi connectivity index (χ1) is 13.7. The summed E-state index contributed by atoms with van der Waals surface area (Å²) >= 11 is 5.68. The van der Waals surface area contributed by atoms with Gasteiger partial charge in [0.1, 0.15) is 0 Å². The normalized spacial score (nSPS) is 11.4. The Labute approximate surface area is 179 Å². The van der Waals surface area contributed by atoms with E-state index in [0.29, 0.717) is 6.54 Å². The molecular weight excluding hydrogens is 382 g/mol. The Hall–Kier alpha value is -1.96. The van der Waals surface area contributed by atoms with Crippen LogP contribution >= 0.6 is 12.2 Å². The minimum atomic E-state index is -0.0348. The van der Waals surface area contributed by atoms with E-state index in [9.17, 15) is 4.79 Å². The molecule has 0 saturated heterocycles. The fourth-order valence-corrected chi connectivity index (χ4v) is 3.56. The maximum atomic E-state index is 12.8. The van der Waals surface area contributed by atoms with Crippen molar-refractivity contribution >= 4 is 28.2 Å². The highest BCUT2D eigenvalue weighted by atomic mass is 32.1. The first-order valence-corrected chi connectivity index (χ1v) is 10.8. The molecule has 160 valence electrons. The molecule has 2 aromatic rings. The molecule has 0 aliphatic heterocycles. The van der Waals surface area contributed by atoms with E-state index in [0.717, 1.165) is 59.7 Å². The summed E-state index contributed by atoms with van der Waals surface area (Å²) in [5.74, 6) is 0. The molecule has 0 atom stereocenters. The van der Waals surface area contributed by atoms with Crippen LogP contribution in [-0.4, -0.2) is 69.4 Å². The predicted octanol–water partition coefficient (Wildman–Crippen LogP) is -0.499. The van der Waals surface area contributed by atoms with Crippen LogP contribution in [0.15, 0.2) is 23.0 Å². The molecule has 0 bridgehead atoms. The lowest BCUT2D eigenvalue weighted by Crippen LogP contribution is -3.06.